The third kappa shape index (κ3) is 5.17. The maximum absolute atomic E-state index is 13.2. The molecule has 0 aliphatic heterocycles. The van der Waals surface area contributed by atoms with Crippen LogP contribution >= 0.6 is 0 Å². The van der Waals surface area contributed by atoms with Gasteiger partial charge < -0.3 is 4.74 Å². The van der Waals surface area contributed by atoms with E-state index in [0.717, 1.165) is 25.0 Å². The number of amides is 1. The van der Waals surface area contributed by atoms with Crippen LogP contribution in [0, 0.1) is 11.6 Å². The third-order valence-corrected chi connectivity index (χ3v) is 5.50. The molecule has 2 aromatic rings. The maximum Gasteiger partial charge on any atom is 0.279 e. The van der Waals surface area contributed by atoms with Gasteiger partial charge in [-0.05, 0) is 56.2 Å². The number of sulfonamides is 1. The molecule has 0 bridgehead atoms. The van der Waals surface area contributed by atoms with Crippen LogP contribution in [-0.4, -0.2) is 26.5 Å². The summed E-state index contributed by atoms with van der Waals surface area (Å²) in [5.74, 6) is -2.63. The Hall–Kier alpha value is -2.72. The zero-order valence-electron chi connectivity index (χ0n) is 14.9. The fraction of sp³-hybridized carbons (Fsp3) is 0.278. The Bertz CT molecular complexity index is 963. The highest BCUT2D eigenvalue weighted by Gasteiger charge is 2.27. The highest BCUT2D eigenvalue weighted by Crippen LogP contribution is 2.22. The summed E-state index contributed by atoms with van der Waals surface area (Å²) >= 11 is 0. The molecule has 10 heteroatoms. The minimum absolute atomic E-state index is 0.0122. The molecule has 1 unspecified atom stereocenters. The van der Waals surface area contributed by atoms with Crippen LogP contribution < -0.4 is 20.3 Å². The van der Waals surface area contributed by atoms with Crippen molar-refractivity contribution >= 4 is 21.6 Å². The molecular formula is C18H19F2N3O4S. The highest BCUT2D eigenvalue weighted by atomic mass is 32.2. The predicted octanol–water partition coefficient (Wildman–Crippen LogP) is 2.32. The Balaban J connectivity index is 1.52. The summed E-state index contributed by atoms with van der Waals surface area (Å²) in [7, 11) is -3.54. The zero-order valence-corrected chi connectivity index (χ0v) is 15.7. The van der Waals surface area contributed by atoms with E-state index in [1.54, 1.807) is 0 Å². The fourth-order valence-electron chi connectivity index (χ4n) is 2.25. The van der Waals surface area contributed by atoms with Crippen molar-refractivity contribution in [2.24, 2.45) is 0 Å². The summed E-state index contributed by atoms with van der Waals surface area (Å²) in [4.78, 5) is 12.2. The molecule has 0 aromatic heterocycles. The lowest BCUT2D eigenvalue weighted by Gasteiger charge is -2.16. The number of anilines is 1. The molecule has 1 saturated carbocycles. The lowest BCUT2D eigenvalue weighted by atomic mass is 10.3. The molecule has 1 aliphatic rings. The molecule has 3 N–H and O–H groups in total. The van der Waals surface area contributed by atoms with Gasteiger partial charge in [-0.15, -0.1) is 0 Å². The summed E-state index contributed by atoms with van der Waals surface area (Å²) in [5.41, 5.74) is 5.49. The van der Waals surface area contributed by atoms with Crippen molar-refractivity contribution in [2.75, 3.05) is 5.43 Å². The van der Waals surface area contributed by atoms with E-state index < -0.39 is 33.7 Å². The number of hydrogen-bond acceptors (Lipinski definition) is 5. The van der Waals surface area contributed by atoms with Gasteiger partial charge in [0.15, 0.2) is 17.7 Å². The monoisotopic (exact) mass is 411 g/mol. The van der Waals surface area contributed by atoms with Gasteiger partial charge in [-0.1, -0.05) is 0 Å². The van der Waals surface area contributed by atoms with Crippen molar-refractivity contribution in [1.82, 2.24) is 10.1 Å². The lowest BCUT2D eigenvalue weighted by molar-refractivity contribution is -0.126. The van der Waals surface area contributed by atoms with Crippen LogP contribution in [0.2, 0.25) is 0 Å². The van der Waals surface area contributed by atoms with Gasteiger partial charge in [0.2, 0.25) is 10.0 Å². The second kappa shape index (κ2) is 8.11. The molecule has 1 fully saturated rings. The molecule has 3 rings (SSSR count). The molecular weight excluding hydrogens is 392 g/mol. The second-order valence-corrected chi connectivity index (χ2v) is 8.08. The topological polar surface area (TPSA) is 96.5 Å². The molecule has 0 heterocycles. The standard InChI is InChI=1S/C18H19F2N3O4S/c1-11(27-14-6-9-16(19)17(20)10-14)18(24)22-21-12-4-7-15(8-5-12)28(25,26)23-13-2-3-13/h4-11,13,21,23H,2-3H2,1H3,(H,22,24). The first kappa shape index (κ1) is 20.0. The van der Waals surface area contributed by atoms with Crippen molar-refractivity contribution in [1.29, 1.82) is 0 Å². The first-order chi connectivity index (χ1) is 13.2. The van der Waals surface area contributed by atoms with Gasteiger partial charge in [-0.2, -0.15) is 0 Å². The number of halogens is 2. The van der Waals surface area contributed by atoms with Crippen LogP contribution in [0.5, 0.6) is 5.75 Å². The molecule has 1 atom stereocenters. The van der Waals surface area contributed by atoms with E-state index >= 15 is 0 Å². The average molecular weight is 411 g/mol. The van der Waals surface area contributed by atoms with Crippen LogP contribution in [0.4, 0.5) is 14.5 Å². The van der Waals surface area contributed by atoms with E-state index in [-0.39, 0.29) is 16.7 Å². The first-order valence-corrected chi connectivity index (χ1v) is 10.0. The SMILES string of the molecule is CC(Oc1ccc(F)c(F)c1)C(=O)NNc1ccc(S(=O)(=O)NC2CC2)cc1. The van der Waals surface area contributed by atoms with Crippen molar-refractivity contribution in [2.45, 2.75) is 36.8 Å². The van der Waals surface area contributed by atoms with Gasteiger partial charge in [0, 0.05) is 12.1 Å². The maximum atomic E-state index is 13.2. The van der Waals surface area contributed by atoms with Gasteiger partial charge in [0.1, 0.15) is 5.75 Å². The Morgan fingerprint density at radius 1 is 1.11 bits per heavy atom. The van der Waals surface area contributed by atoms with Crippen molar-refractivity contribution in [3.63, 3.8) is 0 Å². The number of nitrogens with one attached hydrogen (secondary N) is 3. The Kier molecular flexibility index (Phi) is 5.80. The van der Waals surface area contributed by atoms with E-state index in [0.29, 0.717) is 5.69 Å². The summed E-state index contributed by atoms with van der Waals surface area (Å²) < 4.78 is 58.1. The Morgan fingerprint density at radius 2 is 1.79 bits per heavy atom. The minimum Gasteiger partial charge on any atom is -0.481 e. The number of carbonyl (C=O) groups excluding carboxylic acids is 1. The minimum atomic E-state index is -3.54. The van der Waals surface area contributed by atoms with Crippen LogP contribution in [0.15, 0.2) is 47.4 Å². The van der Waals surface area contributed by atoms with E-state index in [1.807, 2.05) is 0 Å². The van der Waals surface area contributed by atoms with Crippen LogP contribution in [0.3, 0.4) is 0 Å². The Morgan fingerprint density at radius 3 is 2.39 bits per heavy atom. The zero-order chi connectivity index (χ0) is 20.3. The number of rotatable bonds is 8. The quantitative estimate of drug-likeness (QED) is 0.580. The first-order valence-electron chi connectivity index (χ1n) is 8.54. The highest BCUT2D eigenvalue weighted by molar-refractivity contribution is 7.89. The molecule has 1 amide bonds. The summed E-state index contributed by atoms with van der Waals surface area (Å²) in [6, 6.07) is 8.82. The smallest absolute Gasteiger partial charge is 0.279 e. The predicted molar refractivity (Wildman–Crippen MR) is 98.0 cm³/mol. The van der Waals surface area contributed by atoms with E-state index in [2.05, 4.69) is 15.6 Å². The lowest BCUT2D eigenvalue weighted by Crippen LogP contribution is -2.39. The van der Waals surface area contributed by atoms with Gasteiger partial charge in [0.05, 0.1) is 10.6 Å². The van der Waals surface area contributed by atoms with E-state index in [1.165, 1.54) is 37.3 Å². The van der Waals surface area contributed by atoms with Crippen LogP contribution in [0.25, 0.3) is 0 Å². The molecule has 7 nitrogen and oxygen atoms in total. The number of ether oxygens (including phenoxy) is 1. The number of benzene rings is 2. The second-order valence-electron chi connectivity index (χ2n) is 6.37. The summed E-state index contributed by atoms with van der Waals surface area (Å²) in [5, 5.41) is 0. The molecule has 0 radical (unpaired) electrons. The summed E-state index contributed by atoms with van der Waals surface area (Å²) in [6.07, 6.45) is 0.700. The molecule has 0 saturated heterocycles. The molecule has 150 valence electrons. The normalized spacial score (nSPS) is 15.0. The van der Waals surface area contributed by atoms with Gasteiger partial charge in [-0.25, -0.2) is 21.9 Å². The molecule has 28 heavy (non-hydrogen) atoms. The van der Waals surface area contributed by atoms with Crippen molar-refractivity contribution < 1.29 is 26.7 Å². The van der Waals surface area contributed by atoms with E-state index in [9.17, 15) is 22.0 Å². The largest absolute Gasteiger partial charge is 0.481 e. The number of carbonyl (C=O) groups is 1. The van der Waals surface area contributed by atoms with Gasteiger partial charge in [-0.3, -0.25) is 15.6 Å². The van der Waals surface area contributed by atoms with Crippen molar-refractivity contribution in [3.8, 4) is 5.75 Å². The van der Waals surface area contributed by atoms with E-state index in [4.69, 9.17) is 4.74 Å². The van der Waals surface area contributed by atoms with Crippen molar-refractivity contribution in [3.05, 3.63) is 54.1 Å². The van der Waals surface area contributed by atoms with Gasteiger partial charge >= 0.3 is 0 Å². The van der Waals surface area contributed by atoms with Gasteiger partial charge in [0.25, 0.3) is 5.91 Å². The Labute approximate surface area is 161 Å². The number of hydrazine groups is 1. The average Bonchev–Trinajstić information content (AvgIpc) is 3.46. The fourth-order valence-corrected chi connectivity index (χ4v) is 3.55. The van der Waals surface area contributed by atoms with Crippen LogP contribution in [0.1, 0.15) is 19.8 Å². The molecule has 1 aliphatic carbocycles. The number of hydrogen-bond donors (Lipinski definition) is 3. The summed E-state index contributed by atoms with van der Waals surface area (Å²) in [6.45, 7) is 1.44. The third-order valence-electron chi connectivity index (χ3n) is 3.97. The molecule has 2 aromatic carbocycles. The van der Waals surface area contributed by atoms with Crippen LogP contribution in [-0.2, 0) is 14.8 Å². The molecule has 0 spiro atoms.